The van der Waals surface area contributed by atoms with Crippen molar-refractivity contribution in [3.8, 4) is 11.3 Å². The molecule has 0 aliphatic heterocycles. The fourth-order valence-electron chi connectivity index (χ4n) is 1.78. The molecule has 6 nitrogen and oxygen atoms in total. The van der Waals surface area contributed by atoms with Crippen LogP contribution in [0.4, 0.5) is 10.5 Å². The van der Waals surface area contributed by atoms with Gasteiger partial charge >= 0.3 is 6.03 Å². The van der Waals surface area contributed by atoms with Gasteiger partial charge in [0.05, 0.1) is 5.69 Å². The molecular weight excluding hydrogens is 268 g/mol. The Morgan fingerprint density at radius 2 is 1.95 bits per heavy atom. The highest BCUT2D eigenvalue weighted by Gasteiger charge is 2.02. The number of aromatic amines is 1. The lowest BCUT2D eigenvalue weighted by Crippen LogP contribution is -2.29. The predicted molar refractivity (Wildman–Crippen MR) is 82.2 cm³/mol. The van der Waals surface area contributed by atoms with Crippen LogP contribution < -0.4 is 16.2 Å². The number of nitrogens with zero attached hydrogens (tertiary/aromatic N) is 1. The Morgan fingerprint density at radius 1 is 1.19 bits per heavy atom. The number of unbranched alkanes of at least 4 members (excludes halogenated alkanes) is 1. The minimum Gasteiger partial charge on any atom is -0.338 e. The van der Waals surface area contributed by atoms with Crippen molar-refractivity contribution in [3.63, 3.8) is 0 Å². The van der Waals surface area contributed by atoms with E-state index in [1.54, 1.807) is 18.2 Å². The molecule has 2 aromatic rings. The smallest absolute Gasteiger partial charge is 0.319 e. The lowest BCUT2D eigenvalue weighted by atomic mass is 10.1. The maximum absolute atomic E-state index is 11.6. The summed E-state index contributed by atoms with van der Waals surface area (Å²) in [6.45, 7) is 2.74. The van der Waals surface area contributed by atoms with Crippen molar-refractivity contribution in [2.75, 3.05) is 11.9 Å². The van der Waals surface area contributed by atoms with Crippen LogP contribution in [0.5, 0.6) is 0 Å². The molecule has 0 aliphatic rings. The van der Waals surface area contributed by atoms with E-state index in [0.29, 0.717) is 17.9 Å². The molecule has 110 valence electrons. The molecule has 0 bridgehead atoms. The Balaban J connectivity index is 1.97. The Labute approximate surface area is 122 Å². The van der Waals surface area contributed by atoms with Crippen LogP contribution in [-0.4, -0.2) is 22.8 Å². The lowest BCUT2D eigenvalue weighted by molar-refractivity contribution is 0.252. The number of aromatic nitrogens is 2. The van der Waals surface area contributed by atoms with Crippen LogP contribution in [0, 0.1) is 0 Å². The lowest BCUT2D eigenvalue weighted by Gasteiger charge is -2.07. The quantitative estimate of drug-likeness (QED) is 0.737. The zero-order chi connectivity index (χ0) is 15.1. The number of carbonyl (C=O) groups excluding carboxylic acids is 1. The SMILES string of the molecule is CCCCNC(=O)Nc1ccc(-c2ccc(=O)[nH]n2)cc1. The highest BCUT2D eigenvalue weighted by molar-refractivity contribution is 5.89. The summed E-state index contributed by atoms with van der Waals surface area (Å²) >= 11 is 0. The third-order valence-corrected chi connectivity index (χ3v) is 2.93. The minimum atomic E-state index is -0.235. The highest BCUT2D eigenvalue weighted by atomic mass is 16.2. The van der Waals surface area contributed by atoms with Crippen molar-refractivity contribution in [2.24, 2.45) is 0 Å². The molecular formula is C15H18N4O2. The van der Waals surface area contributed by atoms with Gasteiger partial charge in [0, 0.05) is 23.9 Å². The van der Waals surface area contributed by atoms with Gasteiger partial charge < -0.3 is 10.6 Å². The van der Waals surface area contributed by atoms with Crippen LogP contribution in [-0.2, 0) is 0 Å². The van der Waals surface area contributed by atoms with Crippen molar-refractivity contribution < 1.29 is 4.79 Å². The number of carbonyl (C=O) groups is 1. The predicted octanol–water partition coefficient (Wildman–Crippen LogP) is 2.36. The zero-order valence-corrected chi connectivity index (χ0v) is 11.8. The first-order valence-electron chi connectivity index (χ1n) is 6.90. The monoisotopic (exact) mass is 286 g/mol. The summed E-state index contributed by atoms with van der Waals surface area (Å²) in [4.78, 5) is 22.6. The molecule has 0 unspecified atom stereocenters. The second kappa shape index (κ2) is 7.23. The number of anilines is 1. The average molecular weight is 286 g/mol. The molecule has 2 rings (SSSR count). The third-order valence-electron chi connectivity index (χ3n) is 2.93. The van der Waals surface area contributed by atoms with Crippen LogP contribution in [0.15, 0.2) is 41.2 Å². The number of H-pyrrole nitrogens is 1. The maximum Gasteiger partial charge on any atom is 0.319 e. The molecule has 0 fully saturated rings. The molecule has 0 spiro atoms. The summed E-state index contributed by atoms with van der Waals surface area (Å²) in [6.07, 6.45) is 2.01. The molecule has 1 aromatic heterocycles. The van der Waals surface area contributed by atoms with Crippen molar-refractivity contribution in [1.82, 2.24) is 15.5 Å². The Kier molecular flexibility index (Phi) is 5.09. The molecule has 0 saturated carbocycles. The molecule has 0 atom stereocenters. The molecule has 6 heteroatoms. The number of hydrogen-bond donors (Lipinski definition) is 3. The standard InChI is InChI=1S/C15H18N4O2/c1-2-3-10-16-15(21)17-12-6-4-11(5-7-12)13-8-9-14(20)19-18-13/h4-9H,2-3,10H2,1H3,(H,19,20)(H2,16,17,21). The topological polar surface area (TPSA) is 86.9 Å². The average Bonchev–Trinajstić information content (AvgIpc) is 2.49. The number of benzene rings is 1. The number of rotatable bonds is 5. The van der Waals surface area contributed by atoms with Gasteiger partial charge in [0.25, 0.3) is 5.56 Å². The van der Waals surface area contributed by atoms with E-state index in [-0.39, 0.29) is 11.6 Å². The van der Waals surface area contributed by atoms with Crippen LogP contribution in [0.3, 0.4) is 0 Å². The molecule has 0 saturated heterocycles. The van der Waals surface area contributed by atoms with E-state index in [2.05, 4.69) is 27.8 Å². The highest BCUT2D eigenvalue weighted by Crippen LogP contribution is 2.18. The Bertz CT molecular complexity index is 629. The van der Waals surface area contributed by atoms with E-state index < -0.39 is 0 Å². The van der Waals surface area contributed by atoms with Gasteiger partial charge in [-0.25, -0.2) is 9.89 Å². The van der Waals surface area contributed by atoms with Crippen molar-refractivity contribution in [3.05, 3.63) is 46.8 Å². The van der Waals surface area contributed by atoms with Gasteiger partial charge in [-0.05, 0) is 24.6 Å². The molecule has 0 aliphatic carbocycles. The molecule has 21 heavy (non-hydrogen) atoms. The van der Waals surface area contributed by atoms with Gasteiger partial charge in [-0.2, -0.15) is 5.10 Å². The largest absolute Gasteiger partial charge is 0.338 e. The Hall–Kier alpha value is -2.63. The fraction of sp³-hybridized carbons (Fsp3) is 0.267. The molecule has 2 amide bonds. The minimum absolute atomic E-state index is 0.210. The second-order valence-electron chi connectivity index (χ2n) is 4.62. The van der Waals surface area contributed by atoms with Gasteiger partial charge in [0.15, 0.2) is 0 Å². The van der Waals surface area contributed by atoms with E-state index in [4.69, 9.17) is 0 Å². The molecule has 0 radical (unpaired) electrons. The second-order valence-corrected chi connectivity index (χ2v) is 4.62. The van der Waals surface area contributed by atoms with Crippen molar-refractivity contribution >= 4 is 11.7 Å². The van der Waals surface area contributed by atoms with Crippen molar-refractivity contribution in [2.45, 2.75) is 19.8 Å². The maximum atomic E-state index is 11.6. The summed E-state index contributed by atoms with van der Waals surface area (Å²) in [6, 6.07) is 10.1. The van der Waals surface area contributed by atoms with Crippen molar-refractivity contribution in [1.29, 1.82) is 0 Å². The van der Waals surface area contributed by atoms with Crippen LogP contribution >= 0.6 is 0 Å². The summed E-state index contributed by atoms with van der Waals surface area (Å²) in [5.74, 6) is 0. The van der Waals surface area contributed by atoms with Gasteiger partial charge in [0.1, 0.15) is 0 Å². The van der Waals surface area contributed by atoms with E-state index in [1.807, 2.05) is 12.1 Å². The summed E-state index contributed by atoms with van der Waals surface area (Å²) in [5.41, 5.74) is 2.01. The molecule has 3 N–H and O–H groups in total. The van der Waals surface area contributed by atoms with Crippen LogP contribution in [0.25, 0.3) is 11.3 Å². The summed E-state index contributed by atoms with van der Waals surface area (Å²) < 4.78 is 0. The van der Waals surface area contributed by atoms with E-state index in [0.717, 1.165) is 18.4 Å². The number of amides is 2. The molecule has 1 aromatic carbocycles. The van der Waals surface area contributed by atoms with E-state index in [1.165, 1.54) is 6.07 Å². The van der Waals surface area contributed by atoms with Crippen LogP contribution in [0.1, 0.15) is 19.8 Å². The van der Waals surface area contributed by atoms with E-state index >= 15 is 0 Å². The summed E-state index contributed by atoms with van der Waals surface area (Å²) in [5, 5.41) is 11.9. The van der Waals surface area contributed by atoms with Crippen LogP contribution in [0.2, 0.25) is 0 Å². The fourth-order valence-corrected chi connectivity index (χ4v) is 1.78. The first-order chi connectivity index (χ1) is 10.2. The normalized spacial score (nSPS) is 10.1. The third kappa shape index (κ3) is 4.45. The molecule has 1 heterocycles. The number of urea groups is 1. The van der Waals surface area contributed by atoms with Gasteiger partial charge in [-0.15, -0.1) is 0 Å². The Morgan fingerprint density at radius 3 is 2.57 bits per heavy atom. The van der Waals surface area contributed by atoms with Gasteiger partial charge in [-0.1, -0.05) is 25.5 Å². The van der Waals surface area contributed by atoms with Gasteiger partial charge in [0.2, 0.25) is 0 Å². The number of nitrogens with one attached hydrogen (secondary N) is 3. The first-order valence-corrected chi connectivity index (χ1v) is 6.90. The van der Waals surface area contributed by atoms with Gasteiger partial charge in [-0.3, -0.25) is 4.79 Å². The zero-order valence-electron chi connectivity index (χ0n) is 11.8. The summed E-state index contributed by atoms with van der Waals surface area (Å²) in [7, 11) is 0. The number of hydrogen-bond acceptors (Lipinski definition) is 3. The van der Waals surface area contributed by atoms with E-state index in [9.17, 15) is 9.59 Å². The first kappa shape index (κ1) is 14.8.